The molecule has 0 atom stereocenters. The molecule has 0 aliphatic heterocycles. The minimum atomic E-state index is -0.533. The highest BCUT2D eigenvalue weighted by Gasteiger charge is 2.18. The summed E-state index contributed by atoms with van der Waals surface area (Å²) in [7, 11) is 0. The Morgan fingerprint density at radius 2 is 0.855 bits per heavy atom. The quantitative estimate of drug-likeness (QED) is 0.165. The van der Waals surface area contributed by atoms with Gasteiger partial charge in [-0.2, -0.15) is 0 Å². The van der Waals surface area contributed by atoms with Gasteiger partial charge in [0.25, 0.3) is 0 Å². The molecule has 0 bridgehead atoms. The number of para-hydroxylation sites is 2. The van der Waals surface area contributed by atoms with Crippen LogP contribution in [-0.2, 0) is 0 Å². The van der Waals surface area contributed by atoms with Crippen molar-refractivity contribution in [3.05, 3.63) is 206 Å². The van der Waals surface area contributed by atoms with Crippen LogP contribution in [0.3, 0.4) is 0 Å². The molecule has 0 fully saturated rings. The molecule has 0 radical (unpaired) electrons. The molecule has 4 nitrogen and oxygen atoms in total. The van der Waals surface area contributed by atoms with Crippen LogP contribution in [-0.4, -0.2) is 19.5 Å². The summed E-state index contributed by atoms with van der Waals surface area (Å²) in [6.07, 6.45) is 0. The van der Waals surface area contributed by atoms with E-state index in [0.29, 0.717) is 39.6 Å². The topological polar surface area (TPSA) is 43.6 Å². The summed E-state index contributed by atoms with van der Waals surface area (Å²) >= 11 is 0. The zero-order chi connectivity index (χ0) is 44.4. The Kier molecular flexibility index (Phi) is 6.04. The van der Waals surface area contributed by atoms with Crippen LogP contribution in [0.5, 0.6) is 0 Å². The van der Waals surface area contributed by atoms with Crippen molar-refractivity contribution in [1.82, 2.24) is 19.5 Å². The number of nitrogens with zero attached hydrogens (tertiary/aromatic N) is 4. The van der Waals surface area contributed by atoms with E-state index in [4.69, 9.17) is 25.9 Å². The lowest BCUT2D eigenvalue weighted by Gasteiger charge is -2.14. The molecule has 0 saturated carbocycles. The van der Waals surface area contributed by atoms with Gasteiger partial charge in [0.1, 0.15) is 0 Å². The summed E-state index contributed by atoms with van der Waals surface area (Å²) in [5, 5.41) is 0.641. The summed E-state index contributed by atoms with van der Waals surface area (Å²) in [4.78, 5) is 15.0. The van der Waals surface area contributed by atoms with Crippen molar-refractivity contribution >= 4 is 21.8 Å². The van der Waals surface area contributed by atoms with Crippen molar-refractivity contribution in [3.8, 4) is 73.2 Å². The summed E-state index contributed by atoms with van der Waals surface area (Å²) in [6.45, 7) is 0. The first-order valence-corrected chi connectivity index (χ1v) is 17.8. The Labute approximate surface area is 332 Å². The molecule has 0 amide bonds. The molecular weight excluding hydrogens is 669 g/mol. The van der Waals surface area contributed by atoms with E-state index in [0.717, 1.165) is 33.4 Å². The lowest BCUT2D eigenvalue weighted by molar-refractivity contribution is 1.07. The molecule has 2 aromatic heterocycles. The van der Waals surface area contributed by atoms with E-state index in [1.807, 2.05) is 97.1 Å². The molecule has 10 aromatic rings. The van der Waals surface area contributed by atoms with Crippen molar-refractivity contribution in [3.63, 3.8) is 0 Å². The molecule has 2 heterocycles. The second kappa shape index (κ2) is 13.8. The zero-order valence-electron chi connectivity index (χ0n) is 38.2. The van der Waals surface area contributed by atoms with Gasteiger partial charge in [-0.3, -0.25) is 0 Å². The van der Waals surface area contributed by atoms with Crippen molar-refractivity contribution in [1.29, 1.82) is 0 Å². The van der Waals surface area contributed by atoms with E-state index in [1.165, 1.54) is 0 Å². The molecule has 0 N–H and O–H groups in total. The van der Waals surface area contributed by atoms with Crippen LogP contribution in [0.25, 0.3) is 95.0 Å². The molecular formula is C51H34N4. The number of rotatable bonds is 7. The number of fused-ring (bicyclic) bond motifs is 3. The molecule has 0 saturated heterocycles. The van der Waals surface area contributed by atoms with Crippen molar-refractivity contribution in [2.75, 3.05) is 0 Å². The van der Waals surface area contributed by atoms with Crippen LogP contribution in [0.2, 0.25) is 0 Å². The molecule has 8 aromatic carbocycles. The van der Waals surface area contributed by atoms with Crippen LogP contribution in [0.1, 0.15) is 12.3 Å². The molecule has 0 unspecified atom stereocenters. The first-order chi connectivity index (χ1) is 31.0. The van der Waals surface area contributed by atoms with E-state index in [-0.39, 0.29) is 34.1 Å². The van der Waals surface area contributed by atoms with Crippen LogP contribution in [0, 0.1) is 0 Å². The van der Waals surface area contributed by atoms with E-state index in [2.05, 4.69) is 24.3 Å². The monoisotopic (exact) mass is 711 g/mol. The zero-order valence-corrected chi connectivity index (χ0v) is 29.2. The van der Waals surface area contributed by atoms with Gasteiger partial charge >= 0.3 is 0 Å². The van der Waals surface area contributed by atoms with Gasteiger partial charge in [0.05, 0.1) is 23.4 Å². The maximum absolute atomic E-state index is 9.21. The first kappa shape index (κ1) is 24.0. The molecule has 0 aliphatic carbocycles. The smallest absolute Gasteiger partial charge is 0.164 e. The molecule has 55 heavy (non-hydrogen) atoms. The van der Waals surface area contributed by atoms with E-state index < -0.39 is 42.3 Å². The molecule has 4 heteroatoms. The molecule has 258 valence electrons. The summed E-state index contributed by atoms with van der Waals surface area (Å²) < 4.78 is 80.3. The fraction of sp³-hybridized carbons (Fsp3) is 0. The van der Waals surface area contributed by atoms with E-state index in [1.54, 1.807) is 34.9 Å². The van der Waals surface area contributed by atoms with Gasteiger partial charge in [0.2, 0.25) is 0 Å². The van der Waals surface area contributed by atoms with E-state index >= 15 is 0 Å². The predicted octanol–water partition coefficient (Wildman–Crippen LogP) is 13.0. The fourth-order valence-electron chi connectivity index (χ4n) is 7.04. The van der Waals surface area contributed by atoms with Gasteiger partial charge in [-0.15, -0.1) is 0 Å². The second-order valence-electron chi connectivity index (χ2n) is 13.0. The summed E-state index contributed by atoms with van der Waals surface area (Å²) in [5.41, 5.74) is 7.49. The van der Waals surface area contributed by atoms with Gasteiger partial charge in [-0.25, -0.2) is 15.0 Å². The highest BCUT2D eigenvalue weighted by Crippen LogP contribution is 2.39. The van der Waals surface area contributed by atoms with Crippen molar-refractivity contribution in [2.45, 2.75) is 0 Å². The number of aromatic nitrogens is 4. The van der Waals surface area contributed by atoms with Gasteiger partial charge in [0, 0.05) is 38.7 Å². The normalized spacial score (nSPS) is 13.6. The standard InChI is InChI=1S/C51H34N4/c1-4-14-35(15-5-1)37-26-30-40(31-27-37)49-52-50(41-32-28-38(29-33-41)36-16-6-2-7-17-36)54-51(53-49)42-20-12-21-43(34-42)55-47-25-11-10-22-45(47)46-24-13-23-44(48(46)55)39-18-8-3-9-19-39/h1-34H/i3D,8D,9D,10D,11D,18D,19D,22D,25D. The van der Waals surface area contributed by atoms with Gasteiger partial charge in [-0.1, -0.05) is 188 Å². The maximum atomic E-state index is 9.21. The Balaban J connectivity index is 1.20. The number of hydrogen-bond acceptors (Lipinski definition) is 3. The Hall–Kier alpha value is -7.43. The van der Waals surface area contributed by atoms with Crippen molar-refractivity contribution in [2.24, 2.45) is 0 Å². The van der Waals surface area contributed by atoms with Crippen LogP contribution >= 0.6 is 0 Å². The lowest BCUT2D eigenvalue weighted by Crippen LogP contribution is -2.01. The molecule has 0 spiro atoms. The average molecular weight is 712 g/mol. The summed E-state index contributed by atoms with van der Waals surface area (Å²) in [6, 6.07) is 44.6. The molecule has 10 rings (SSSR count). The Bertz CT molecular complexity index is 3340. The van der Waals surface area contributed by atoms with Crippen LogP contribution in [0.15, 0.2) is 206 Å². The van der Waals surface area contributed by atoms with Gasteiger partial charge in [0.15, 0.2) is 17.5 Å². The lowest BCUT2D eigenvalue weighted by atomic mass is 10.0. The predicted molar refractivity (Wildman–Crippen MR) is 227 cm³/mol. The highest BCUT2D eigenvalue weighted by atomic mass is 15.0. The maximum Gasteiger partial charge on any atom is 0.164 e. The van der Waals surface area contributed by atoms with Gasteiger partial charge in [-0.05, 0) is 46.0 Å². The third-order valence-corrected chi connectivity index (χ3v) is 9.69. The van der Waals surface area contributed by atoms with Crippen LogP contribution < -0.4 is 0 Å². The SMILES string of the molecule is [2H]c1c([2H])c([2H])c(-c2cccc3c4c([2H])c([2H])c([2H])c([2H])c4n(-c4cccc(-c5nc(-c6ccc(-c7ccccc7)cc6)nc(-c6ccc(-c7ccccc7)cc6)n5)c4)c23)c([2H])c1[2H]. The minimum absolute atomic E-state index is 0.0598. The van der Waals surface area contributed by atoms with Crippen LogP contribution in [0.4, 0.5) is 0 Å². The second-order valence-corrected chi connectivity index (χ2v) is 13.0. The average Bonchev–Trinajstić information content (AvgIpc) is 3.71. The molecule has 0 aliphatic rings. The highest BCUT2D eigenvalue weighted by molar-refractivity contribution is 6.13. The van der Waals surface area contributed by atoms with Gasteiger partial charge < -0.3 is 4.57 Å². The summed E-state index contributed by atoms with van der Waals surface area (Å²) in [5.74, 6) is 1.22. The van der Waals surface area contributed by atoms with E-state index in [9.17, 15) is 1.37 Å². The third kappa shape index (κ3) is 6.06. The first-order valence-electron chi connectivity index (χ1n) is 22.3. The fourth-order valence-corrected chi connectivity index (χ4v) is 7.04. The number of benzene rings is 8. The Morgan fingerprint density at radius 3 is 1.47 bits per heavy atom. The largest absolute Gasteiger partial charge is 0.309 e. The minimum Gasteiger partial charge on any atom is -0.309 e. The van der Waals surface area contributed by atoms with Crippen molar-refractivity contribution < 1.29 is 12.3 Å². The Morgan fingerprint density at radius 1 is 0.364 bits per heavy atom. The third-order valence-electron chi connectivity index (χ3n) is 9.69. The number of hydrogen-bond donors (Lipinski definition) is 0.